The van der Waals surface area contributed by atoms with E-state index in [1.54, 1.807) is 11.1 Å². The van der Waals surface area contributed by atoms with Crippen LogP contribution in [0.25, 0.3) is 0 Å². The predicted octanol–water partition coefficient (Wildman–Crippen LogP) is 1.57. The van der Waals surface area contributed by atoms with Gasteiger partial charge in [0.25, 0.3) is 5.91 Å². The lowest BCUT2D eigenvalue weighted by Gasteiger charge is -2.29. The third kappa shape index (κ3) is 4.88. The molecule has 2 amide bonds. The van der Waals surface area contributed by atoms with Crippen LogP contribution >= 0.6 is 24.8 Å². The average molecular weight is 508 g/mol. The van der Waals surface area contributed by atoms with Crippen LogP contribution in [-0.4, -0.2) is 82.3 Å². The highest BCUT2D eigenvalue weighted by molar-refractivity contribution is 7.88. The molecule has 1 aromatic heterocycles. The molecule has 3 aliphatic rings. The molecule has 3 saturated heterocycles. The number of nitrogens with zero attached hydrogens (tertiary/aromatic N) is 5. The third-order valence-corrected chi connectivity index (χ3v) is 7.60. The minimum absolute atomic E-state index is 0. The molecule has 0 spiro atoms. The van der Waals surface area contributed by atoms with Crippen molar-refractivity contribution in [1.82, 2.24) is 24.1 Å². The first-order chi connectivity index (χ1) is 14.2. The number of fused-ring (bicyclic) bond motifs is 1. The Bertz CT molecular complexity index is 938. The first-order valence-corrected chi connectivity index (χ1v) is 12.4. The lowest BCUT2D eigenvalue weighted by atomic mass is 9.88. The molecule has 0 radical (unpaired) electrons. The number of likely N-dealkylation sites (tertiary alicyclic amines) is 2. The smallest absolute Gasteiger partial charge is 0.274 e. The van der Waals surface area contributed by atoms with Crippen molar-refractivity contribution >= 4 is 46.7 Å². The Morgan fingerprint density at radius 1 is 1.12 bits per heavy atom. The van der Waals surface area contributed by atoms with Crippen molar-refractivity contribution in [3.8, 4) is 0 Å². The van der Waals surface area contributed by atoms with E-state index in [0.717, 1.165) is 35.9 Å². The largest absolute Gasteiger partial charge is 0.331 e. The van der Waals surface area contributed by atoms with Crippen LogP contribution in [0.5, 0.6) is 0 Å². The monoisotopic (exact) mass is 507 g/mol. The van der Waals surface area contributed by atoms with Gasteiger partial charge < -0.3 is 4.90 Å². The first-order valence-electron chi connectivity index (χ1n) is 10.6. The Balaban J connectivity index is 0.00000181. The molecule has 9 nitrogen and oxygen atoms in total. The summed E-state index contributed by atoms with van der Waals surface area (Å²) in [7, 11) is -3.69. The van der Waals surface area contributed by atoms with Gasteiger partial charge in [-0.2, -0.15) is 0 Å². The minimum Gasteiger partial charge on any atom is -0.331 e. The highest BCUT2D eigenvalue weighted by Crippen LogP contribution is 2.41. The summed E-state index contributed by atoms with van der Waals surface area (Å²) in [5.41, 5.74) is 1.06. The summed E-state index contributed by atoms with van der Waals surface area (Å²) in [4.78, 5) is 38.8. The normalized spacial score (nSPS) is 25.6. The van der Waals surface area contributed by atoms with Crippen molar-refractivity contribution in [3.63, 3.8) is 0 Å². The Hall–Kier alpha value is -1.49. The summed E-state index contributed by atoms with van der Waals surface area (Å²) in [6.07, 6.45) is 7.03. The predicted molar refractivity (Wildman–Crippen MR) is 124 cm³/mol. The van der Waals surface area contributed by atoms with Crippen molar-refractivity contribution in [1.29, 1.82) is 0 Å². The maximum Gasteiger partial charge on any atom is 0.274 e. The van der Waals surface area contributed by atoms with E-state index in [9.17, 15) is 18.0 Å². The topological polar surface area (TPSA) is 104 Å². The van der Waals surface area contributed by atoms with Gasteiger partial charge in [-0.15, -0.1) is 24.8 Å². The van der Waals surface area contributed by atoms with Crippen molar-refractivity contribution in [3.05, 3.63) is 23.8 Å². The molecular weight excluding hydrogens is 477 g/mol. The van der Waals surface area contributed by atoms with E-state index in [2.05, 4.69) is 14.9 Å². The molecular formula is C20H31Cl2N5O4S. The van der Waals surface area contributed by atoms with Gasteiger partial charge in [0.15, 0.2) is 0 Å². The van der Waals surface area contributed by atoms with Crippen molar-refractivity contribution in [2.45, 2.75) is 51.7 Å². The van der Waals surface area contributed by atoms with Gasteiger partial charge >= 0.3 is 0 Å². The Morgan fingerprint density at radius 2 is 1.78 bits per heavy atom. The number of hydrogen-bond acceptors (Lipinski definition) is 7. The van der Waals surface area contributed by atoms with Gasteiger partial charge in [-0.05, 0) is 38.3 Å². The van der Waals surface area contributed by atoms with E-state index in [1.807, 2.05) is 13.8 Å². The van der Waals surface area contributed by atoms with Crippen LogP contribution in [0.1, 0.15) is 49.3 Å². The van der Waals surface area contributed by atoms with E-state index in [1.165, 1.54) is 19.0 Å². The Kier molecular flexibility index (Phi) is 8.52. The number of rotatable bonds is 5. The van der Waals surface area contributed by atoms with Gasteiger partial charge in [0, 0.05) is 13.1 Å². The fourth-order valence-electron chi connectivity index (χ4n) is 5.13. The fraction of sp³-hybridized carbons (Fsp3) is 0.700. The molecule has 3 fully saturated rings. The standard InChI is InChI=1S/C20H29N5O4S.2ClH/c1-13(2)17-18-16(25(20(17)27)30(3,28)29)6-9-24(18)19(26)15-11-21-14(10-22-15)12-23-7-4-5-8-23;;/h10-11,13,16-18H,4-9,12H2,1-3H3;2*1H/t16-,17+,18-;;/m0../s1. The van der Waals surface area contributed by atoms with E-state index >= 15 is 0 Å². The van der Waals surface area contributed by atoms with Gasteiger partial charge in [-0.3, -0.25) is 19.5 Å². The summed E-state index contributed by atoms with van der Waals surface area (Å²) in [5, 5.41) is 0. The van der Waals surface area contributed by atoms with Crippen molar-refractivity contribution in [2.24, 2.45) is 11.8 Å². The molecule has 0 unspecified atom stereocenters. The molecule has 0 bridgehead atoms. The number of aromatic nitrogens is 2. The number of halogens is 2. The molecule has 32 heavy (non-hydrogen) atoms. The second-order valence-electron chi connectivity index (χ2n) is 8.89. The van der Waals surface area contributed by atoms with E-state index in [-0.39, 0.29) is 42.3 Å². The maximum atomic E-state index is 13.2. The van der Waals surface area contributed by atoms with E-state index in [0.29, 0.717) is 13.0 Å². The molecule has 0 aromatic carbocycles. The second kappa shape index (κ2) is 10.2. The zero-order valence-electron chi connectivity index (χ0n) is 18.5. The highest BCUT2D eigenvalue weighted by Gasteiger charge is 2.58. The zero-order valence-corrected chi connectivity index (χ0v) is 21.0. The van der Waals surface area contributed by atoms with Crippen LogP contribution in [0.2, 0.25) is 0 Å². The quantitative estimate of drug-likeness (QED) is 0.595. The number of amides is 2. The molecule has 4 heterocycles. The molecule has 12 heteroatoms. The molecule has 3 aliphatic heterocycles. The average Bonchev–Trinajstić information content (AvgIpc) is 3.37. The van der Waals surface area contributed by atoms with Crippen LogP contribution < -0.4 is 0 Å². The van der Waals surface area contributed by atoms with Crippen LogP contribution in [0, 0.1) is 11.8 Å². The van der Waals surface area contributed by atoms with Crippen LogP contribution in [0.3, 0.4) is 0 Å². The van der Waals surface area contributed by atoms with Crippen molar-refractivity contribution < 1.29 is 18.0 Å². The molecule has 0 N–H and O–H groups in total. The minimum atomic E-state index is -3.69. The summed E-state index contributed by atoms with van der Waals surface area (Å²) in [6.45, 7) is 7.01. The van der Waals surface area contributed by atoms with Crippen LogP contribution in [0.4, 0.5) is 0 Å². The number of carbonyl (C=O) groups excluding carboxylic acids is 2. The summed E-state index contributed by atoms with van der Waals surface area (Å²) in [5.74, 6) is -1.33. The van der Waals surface area contributed by atoms with Crippen LogP contribution in [0.15, 0.2) is 12.4 Å². The molecule has 4 rings (SSSR count). The van der Waals surface area contributed by atoms with Gasteiger partial charge in [0.05, 0.1) is 42.3 Å². The van der Waals surface area contributed by atoms with Gasteiger partial charge in [0.1, 0.15) is 5.69 Å². The lowest BCUT2D eigenvalue weighted by Crippen LogP contribution is -2.44. The highest BCUT2D eigenvalue weighted by atomic mass is 35.5. The fourth-order valence-corrected chi connectivity index (χ4v) is 6.30. The number of sulfonamides is 1. The summed E-state index contributed by atoms with van der Waals surface area (Å²) < 4.78 is 25.5. The summed E-state index contributed by atoms with van der Waals surface area (Å²) >= 11 is 0. The molecule has 3 atom stereocenters. The summed E-state index contributed by atoms with van der Waals surface area (Å²) in [6, 6.07) is -0.975. The molecule has 0 saturated carbocycles. The molecule has 1 aromatic rings. The zero-order chi connectivity index (χ0) is 21.6. The van der Waals surface area contributed by atoms with Crippen LogP contribution in [-0.2, 0) is 21.4 Å². The molecule has 180 valence electrons. The first kappa shape index (κ1) is 26.8. The number of hydrogen-bond donors (Lipinski definition) is 0. The SMILES string of the molecule is CC(C)[C@H]1C(=O)N(S(C)(=O)=O)[C@H]2CCN(C(=O)c3cnc(CN4CCCC4)cn3)[C@H]12.Cl.Cl. The van der Waals surface area contributed by atoms with E-state index < -0.39 is 33.9 Å². The van der Waals surface area contributed by atoms with Crippen molar-refractivity contribution in [2.75, 3.05) is 25.9 Å². The van der Waals surface area contributed by atoms with Gasteiger partial charge in [-0.1, -0.05) is 13.8 Å². The third-order valence-electron chi connectivity index (χ3n) is 6.44. The Labute approximate surface area is 201 Å². The second-order valence-corrected chi connectivity index (χ2v) is 10.7. The lowest BCUT2D eigenvalue weighted by molar-refractivity contribution is -0.129. The Morgan fingerprint density at radius 3 is 2.31 bits per heavy atom. The van der Waals surface area contributed by atoms with E-state index in [4.69, 9.17) is 0 Å². The molecule has 0 aliphatic carbocycles. The van der Waals surface area contributed by atoms with Gasteiger partial charge in [-0.25, -0.2) is 17.7 Å². The maximum absolute atomic E-state index is 13.2. The number of carbonyl (C=O) groups is 2. The van der Waals surface area contributed by atoms with Gasteiger partial charge in [0.2, 0.25) is 15.9 Å².